The number of furan rings is 1. The van der Waals surface area contributed by atoms with Gasteiger partial charge in [-0.15, -0.1) is 0 Å². The number of amides is 1. The molecule has 0 saturated carbocycles. The Hall–Kier alpha value is -2.43. The summed E-state index contributed by atoms with van der Waals surface area (Å²) < 4.78 is 10.7. The van der Waals surface area contributed by atoms with E-state index in [0.29, 0.717) is 36.1 Å². The van der Waals surface area contributed by atoms with Crippen LogP contribution in [-0.4, -0.2) is 19.1 Å². The second-order valence-corrected chi connectivity index (χ2v) is 4.09. The predicted octanol–water partition coefficient (Wildman–Crippen LogP) is 1.98. The molecule has 2 rings (SSSR count). The topological polar surface area (TPSA) is 77.5 Å². The minimum Gasteiger partial charge on any atom is -0.492 e. The van der Waals surface area contributed by atoms with E-state index in [9.17, 15) is 4.79 Å². The number of benzene rings is 1. The third-order valence-electron chi connectivity index (χ3n) is 2.48. The van der Waals surface area contributed by atoms with E-state index in [2.05, 4.69) is 5.32 Å². The molecule has 0 unspecified atom stereocenters. The van der Waals surface area contributed by atoms with Crippen LogP contribution in [0.25, 0.3) is 0 Å². The molecule has 0 spiro atoms. The van der Waals surface area contributed by atoms with Crippen molar-refractivity contribution in [3.05, 3.63) is 47.9 Å². The van der Waals surface area contributed by atoms with Crippen LogP contribution in [0.4, 0.5) is 5.69 Å². The average Bonchev–Trinajstić information content (AvgIpc) is 2.81. The number of hydrogen-bond acceptors (Lipinski definition) is 4. The van der Waals surface area contributed by atoms with E-state index in [0.717, 1.165) is 0 Å². The largest absolute Gasteiger partial charge is 0.492 e. The minimum absolute atomic E-state index is 0.246. The highest BCUT2D eigenvalue weighted by molar-refractivity contribution is 5.91. The maximum absolute atomic E-state index is 11.6. The highest BCUT2D eigenvalue weighted by Gasteiger charge is 2.08. The first-order chi connectivity index (χ1) is 9.15. The fraction of sp³-hybridized carbons (Fsp3) is 0.214. The fourth-order valence-corrected chi connectivity index (χ4v) is 1.58. The Morgan fingerprint density at radius 3 is 2.89 bits per heavy atom. The van der Waals surface area contributed by atoms with Crippen molar-refractivity contribution >= 4 is 11.6 Å². The predicted molar refractivity (Wildman–Crippen MR) is 72.1 cm³/mol. The Morgan fingerprint density at radius 1 is 1.37 bits per heavy atom. The molecule has 1 aromatic carbocycles. The molecule has 5 heteroatoms. The summed E-state index contributed by atoms with van der Waals surface area (Å²) in [4.78, 5) is 11.6. The number of nitrogens with one attached hydrogen (secondary N) is 1. The van der Waals surface area contributed by atoms with E-state index in [-0.39, 0.29) is 5.91 Å². The number of anilines is 1. The Kier molecular flexibility index (Phi) is 4.07. The lowest BCUT2D eigenvalue weighted by Crippen LogP contribution is -2.27. The van der Waals surface area contributed by atoms with Gasteiger partial charge in [0.25, 0.3) is 5.91 Å². The molecule has 5 nitrogen and oxygen atoms in total. The molecular formula is C14H16N2O3. The summed E-state index contributed by atoms with van der Waals surface area (Å²) in [6.07, 6.45) is 0. The van der Waals surface area contributed by atoms with Crippen molar-refractivity contribution < 1.29 is 13.9 Å². The smallest absolute Gasteiger partial charge is 0.287 e. The van der Waals surface area contributed by atoms with Gasteiger partial charge < -0.3 is 20.2 Å². The zero-order valence-corrected chi connectivity index (χ0v) is 10.7. The number of rotatable bonds is 5. The standard InChI is InChI=1S/C14H16N2O3/c1-10-5-6-13(19-10)14(17)16-7-8-18-12-4-2-3-11(15)9-12/h2-6,9H,7-8,15H2,1H3,(H,16,17). The van der Waals surface area contributed by atoms with E-state index in [1.807, 2.05) is 12.1 Å². The van der Waals surface area contributed by atoms with Crippen molar-refractivity contribution in [3.8, 4) is 5.75 Å². The second kappa shape index (κ2) is 5.95. The molecule has 0 saturated heterocycles. The number of carbonyl (C=O) groups is 1. The van der Waals surface area contributed by atoms with Crippen LogP contribution < -0.4 is 15.8 Å². The van der Waals surface area contributed by atoms with Gasteiger partial charge in [-0.25, -0.2) is 0 Å². The van der Waals surface area contributed by atoms with Crippen LogP contribution in [0.2, 0.25) is 0 Å². The van der Waals surface area contributed by atoms with Gasteiger partial charge in [0.1, 0.15) is 18.1 Å². The Bertz CT molecular complexity index is 563. The molecule has 0 atom stereocenters. The monoisotopic (exact) mass is 260 g/mol. The van der Waals surface area contributed by atoms with Crippen molar-refractivity contribution in [3.63, 3.8) is 0 Å². The van der Waals surface area contributed by atoms with Crippen molar-refractivity contribution in [1.82, 2.24) is 5.32 Å². The van der Waals surface area contributed by atoms with Gasteiger partial charge in [0.2, 0.25) is 0 Å². The molecule has 0 aliphatic rings. The molecule has 100 valence electrons. The third kappa shape index (κ3) is 3.77. The number of nitrogens with two attached hydrogens (primary N) is 1. The van der Waals surface area contributed by atoms with Gasteiger partial charge in [-0.3, -0.25) is 4.79 Å². The maximum Gasteiger partial charge on any atom is 0.287 e. The van der Waals surface area contributed by atoms with Crippen LogP contribution in [0.15, 0.2) is 40.8 Å². The fourth-order valence-electron chi connectivity index (χ4n) is 1.58. The van der Waals surface area contributed by atoms with Crippen LogP contribution in [0.3, 0.4) is 0 Å². The molecule has 0 aliphatic carbocycles. The molecule has 2 aromatic rings. The van der Waals surface area contributed by atoms with Crippen LogP contribution in [0, 0.1) is 6.92 Å². The Labute approximate surface area is 111 Å². The molecule has 0 fully saturated rings. The first kappa shape index (κ1) is 13.0. The van der Waals surface area contributed by atoms with Crippen molar-refractivity contribution in [2.45, 2.75) is 6.92 Å². The number of hydrogen-bond donors (Lipinski definition) is 2. The molecule has 0 bridgehead atoms. The van der Waals surface area contributed by atoms with E-state index in [4.69, 9.17) is 14.9 Å². The van der Waals surface area contributed by atoms with Crippen molar-refractivity contribution in [2.24, 2.45) is 0 Å². The van der Waals surface area contributed by atoms with Crippen LogP contribution in [-0.2, 0) is 0 Å². The molecule has 0 radical (unpaired) electrons. The summed E-state index contributed by atoms with van der Waals surface area (Å²) in [6, 6.07) is 10.5. The number of aryl methyl sites for hydroxylation is 1. The van der Waals surface area contributed by atoms with Gasteiger partial charge in [-0.2, -0.15) is 0 Å². The van der Waals surface area contributed by atoms with Gasteiger partial charge in [-0.05, 0) is 31.2 Å². The van der Waals surface area contributed by atoms with E-state index in [1.165, 1.54) is 0 Å². The summed E-state index contributed by atoms with van der Waals surface area (Å²) >= 11 is 0. The van der Waals surface area contributed by atoms with Crippen LogP contribution in [0.1, 0.15) is 16.3 Å². The normalized spacial score (nSPS) is 10.2. The lowest BCUT2D eigenvalue weighted by atomic mass is 10.3. The highest BCUT2D eigenvalue weighted by atomic mass is 16.5. The maximum atomic E-state index is 11.6. The summed E-state index contributed by atoms with van der Waals surface area (Å²) in [5.74, 6) is 1.45. The summed E-state index contributed by atoms with van der Waals surface area (Å²) in [7, 11) is 0. The van der Waals surface area contributed by atoms with Gasteiger partial charge in [0.05, 0.1) is 6.54 Å². The number of carbonyl (C=O) groups excluding carboxylic acids is 1. The SMILES string of the molecule is Cc1ccc(C(=O)NCCOc2cccc(N)c2)o1. The highest BCUT2D eigenvalue weighted by Crippen LogP contribution is 2.13. The Morgan fingerprint density at radius 2 is 2.21 bits per heavy atom. The van der Waals surface area contributed by atoms with Gasteiger partial charge in [0, 0.05) is 11.8 Å². The zero-order valence-electron chi connectivity index (χ0n) is 10.7. The molecule has 0 aliphatic heterocycles. The van der Waals surface area contributed by atoms with Crippen molar-refractivity contribution in [2.75, 3.05) is 18.9 Å². The molecule has 19 heavy (non-hydrogen) atoms. The zero-order chi connectivity index (χ0) is 13.7. The number of ether oxygens (including phenoxy) is 1. The third-order valence-corrected chi connectivity index (χ3v) is 2.48. The molecule has 1 heterocycles. The number of nitrogen functional groups attached to an aromatic ring is 1. The van der Waals surface area contributed by atoms with E-state index < -0.39 is 0 Å². The van der Waals surface area contributed by atoms with E-state index in [1.54, 1.807) is 31.2 Å². The second-order valence-electron chi connectivity index (χ2n) is 4.09. The first-order valence-electron chi connectivity index (χ1n) is 5.98. The quantitative estimate of drug-likeness (QED) is 0.636. The average molecular weight is 260 g/mol. The van der Waals surface area contributed by atoms with Gasteiger partial charge in [0.15, 0.2) is 5.76 Å². The summed E-state index contributed by atoms with van der Waals surface area (Å²) in [5.41, 5.74) is 6.27. The first-order valence-corrected chi connectivity index (χ1v) is 5.98. The summed E-state index contributed by atoms with van der Waals surface area (Å²) in [5, 5.41) is 2.71. The lowest BCUT2D eigenvalue weighted by Gasteiger charge is -2.07. The molecule has 1 aromatic heterocycles. The lowest BCUT2D eigenvalue weighted by molar-refractivity contribution is 0.0918. The molecule has 3 N–H and O–H groups in total. The van der Waals surface area contributed by atoms with Gasteiger partial charge in [-0.1, -0.05) is 6.07 Å². The summed E-state index contributed by atoms with van der Waals surface area (Å²) in [6.45, 7) is 2.56. The minimum atomic E-state index is -0.246. The molecule has 1 amide bonds. The van der Waals surface area contributed by atoms with Crippen LogP contribution >= 0.6 is 0 Å². The van der Waals surface area contributed by atoms with Crippen LogP contribution in [0.5, 0.6) is 5.75 Å². The van der Waals surface area contributed by atoms with Gasteiger partial charge >= 0.3 is 0 Å². The van der Waals surface area contributed by atoms with Crippen molar-refractivity contribution in [1.29, 1.82) is 0 Å². The Balaban J connectivity index is 1.74. The van der Waals surface area contributed by atoms with E-state index >= 15 is 0 Å². The molecular weight excluding hydrogens is 244 g/mol.